The molecule has 1 saturated carbocycles. The van der Waals surface area contributed by atoms with E-state index in [4.69, 9.17) is 0 Å². The number of unbranched alkanes of at least 4 members (excludes halogenated alkanes) is 1. The number of nitrogens with one attached hydrogen (secondary N) is 2. The first-order valence-corrected chi connectivity index (χ1v) is 17.1. The lowest BCUT2D eigenvalue weighted by atomic mass is 9.80. The highest BCUT2D eigenvalue weighted by Gasteiger charge is 2.18. The fraction of sp³-hybridized carbons (Fsp3) is 0.943. The Bertz CT molecular complexity index is 533. The van der Waals surface area contributed by atoms with Crippen LogP contribution in [0.2, 0.25) is 0 Å². The zero-order valence-electron chi connectivity index (χ0n) is 28.1. The normalized spacial score (nSPS) is 16.8. The molecular weight excluding hydrogens is 480 g/mol. The molecule has 0 aromatic rings. The number of carbonyl (C=O) groups excluding carboxylic acids is 2. The molecule has 1 fully saturated rings. The van der Waals surface area contributed by atoms with Gasteiger partial charge in [-0.2, -0.15) is 0 Å². The molecule has 0 aromatic heterocycles. The first-order valence-electron chi connectivity index (χ1n) is 17.1. The maximum Gasteiger partial charge on any atom is 0.220 e. The van der Waals surface area contributed by atoms with E-state index >= 15 is 0 Å². The van der Waals surface area contributed by atoms with Crippen molar-refractivity contribution >= 4 is 11.8 Å². The van der Waals surface area contributed by atoms with Gasteiger partial charge in [-0.1, -0.05) is 132 Å². The molecule has 2 amide bonds. The van der Waals surface area contributed by atoms with Crippen LogP contribution in [0.1, 0.15) is 178 Å². The van der Waals surface area contributed by atoms with Crippen LogP contribution in [0, 0.1) is 23.7 Å². The SMILES string of the molecule is CCCC(=O)NC(C)C.CCCC(=O)NCCCCC(C)C.CCCC(CCC)CCCC1CCC(C)CC1. The zero-order valence-corrected chi connectivity index (χ0v) is 28.1. The minimum atomic E-state index is 0.160. The van der Waals surface area contributed by atoms with Crippen LogP contribution in [0.3, 0.4) is 0 Å². The van der Waals surface area contributed by atoms with Gasteiger partial charge in [0.1, 0.15) is 0 Å². The third-order valence-corrected chi connectivity index (χ3v) is 7.69. The van der Waals surface area contributed by atoms with Crippen molar-refractivity contribution in [3.8, 4) is 0 Å². The predicted molar refractivity (Wildman–Crippen MR) is 173 cm³/mol. The van der Waals surface area contributed by atoms with Crippen LogP contribution < -0.4 is 10.6 Å². The molecule has 1 aliphatic rings. The van der Waals surface area contributed by atoms with Crippen LogP contribution in [0.15, 0.2) is 0 Å². The summed E-state index contributed by atoms with van der Waals surface area (Å²) in [5, 5.41) is 5.72. The van der Waals surface area contributed by atoms with Crippen LogP contribution in [0.4, 0.5) is 0 Å². The third-order valence-electron chi connectivity index (χ3n) is 7.69. The van der Waals surface area contributed by atoms with Crippen molar-refractivity contribution in [2.24, 2.45) is 23.7 Å². The Kier molecular flexibility index (Phi) is 29.3. The zero-order chi connectivity index (χ0) is 29.9. The molecule has 2 N–H and O–H groups in total. The van der Waals surface area contributed by atoms with Crippen molar-refractivity contribution in [1.29, 1.82) is 0 Å². The second-order valence-corrected chi connectivity index (χ2v) is 13.0. The summed E-state index contributed by atoms with van der Waals surface area (Å²) < 4.78 is 0. The van der Waals surface area contributed by atoms with Gasteiger partial charge < -0.3 is 10.6 Å². The first kappa shape index (κ1) is 40.1. The monoisotopic (exact) mass is 553 g/mol. The van der Waals surface area contributed by atoms with Gasteiger partial charge in [0.25, 0.3) is 0 Å². The molecule has 0 unspecified atom stereocenters. The van der Waals surface area contributed by atoms with Crippen molar-refractivity contribution in [2.75, 3.05) is 6.54 Å². The van der Waals surface area contributed by atoms with Gasteiger partial charge in [-0.15, -0.1) is 0 Å². The molecule has 0 aliphatic heterocycles. The van der Waals surface area contributed by atoms with Gasteiger partial charge in [0.2, 0.25) is 11.8 Å². The van der Waals surface area contributed by atoms with Crippen molar-refractivity contribution in [3.63, 3.8) is 0 Å². The minimum absolute atomic E-state index is 0.160. The van der Waals surface area contributed by atoms with Crippen LogP contribution in [-0.4, -0.2) is 24.4 Å². The van der Waals surface area contributed by atoms with Crippen LogP contribution in [0.5, 0.6) is 0 Å². The van der Waals surface area contributed by atoms with Gasteiger partial charge in [0, 0.05) is 25.4 Å². The topological polar surface area (TPSA) is 58.2 Å². The molecule has 1 rings (SSSR count). The molecule has 0 saturated heterocycles. The Morgan fingerprint density at radius 2 is 1.26 bits per heavy atom. The van der Waals surface area contributed by atoms with Gasteiger partial charge in [0.15, 0.2) is 0 Å². The predicted octanol–water partition coefficient (Wildman–Crippen LogP) is 10.2. The lowest BCUT2D eigenvalue weighted by Crippen LogP contribution is -2.29. The summed E-state index contributed by atoms with van der Waals surface area (Å²) in [6.07, 6.45) is 23.1. The number of hydrogen-bond donors (Lipinski definition) is 2. The number of carbonyl (C=O) groups is 2. The average Bonchev–Trinajstić information content (AvgIpc) is 2.86. The van der Waals surface area contributed by atoms with Crippen LogP contribution in [0.25, 0.3) is 0 Å². The second kappa shape index (κ2) is 28.5. The standard InChI is InChI=1S/C17H34.C11H23NO.C7H15NO/c1-4-7-16(8-5-2)9-6-10-17-13-11-15(3)12-14-17;1-4-7-11(13)12-9-6-5-8-10(2)3;1-4-5-7(9)8-6(2)3/h15-17H,4-14H2,1-3H3;10H,4-9H2,1-3H3,(H,12,13);6H,4-5H2,1-3H3,(H,8,9). The molecule has 4 heteroatoms. The molecule has 4 nitrogen and oxygen atoms in total. The first-order chi connectivity index (χ1) is 18.6. The lowest BCUT2D eigenvalue weighted by Gasteiger charge is -2.26. The van der Waals surface area contributed by atoms with E-state index in [9.17, 15) is 9.59 Å². The largest absolute Gasteiger partial charge is 0.356 e. The fourth-order valence-electron chi connectivity index (χ4n) is 5.40. The number of rotatable bonds is 18. The maximum absolute atomic E-state index is 11.0. The molecule has 1 aliphatic carbocycles. The lowest BCUT2D eigenvalue weighted by molar-refractivity contribution is -0.122. The van der Waals surface area contributed by atoms with Crippen molar-refractivity contribution in [2.45, 2.75) is 184 Å². The van der Waals surface area contributed by atoms with E-state index in [1.54, 1.807) is 0 Å². The van der Waals surface area contributed by atoms with E-state index in [1.807, 2.05) is 27.7 Å². The maximum atomic E-state index is 11.0. The Morgan fingerprint density at radius 1 is 0.692 bits per heavy atom. The summed E-state index contributed by atoms with van der Waals surface area (Å²) in [4.78, 5) is 21.8. The molecule has 0 spiro atoms. The quantitative estimate of drug-likeness (QED) is 0.166. The highest BCUT2D eigenvalue weighted by Crippen LogP contribution is 2.32. The average molecular weight is 553 g/mol. The molecule has 0 atom stereocenters. The summed E-state index contributed by atoms with van der Waals surface area (Å²) in [6.45, 7) is 20.4. The van der Waals surface area contributed by atoms with Crippen molar-refractivity contribution < 1.29 is 9.59 Å². The van der Waals surface area contributed by atoms with Gasteiger partial charge in [0.05, 0.1) is 0 Å². The summed E-state index contributed by atoms with van der Waals surface area (Å²) in [6, 6.07) is 0.282. The van der Waals surface area contributed by atoms with Crippen molar-refractivity contribution in [1.82, 2.24) is 10.6 Å². The summed E-state index contributed by atoms with van der Waals surface area (Å²) in [5.41, 5.74) is 0. The van der Waals surface area contributed by atoms with E-state index in [1.165, 1.54) is 83.5 Å². The highest BCUT2D eigenvalue weighted by atomic mass is 16.2. The smallest absolute Gasteiger partial charge is 0.220 e. The Balaban J connectivity index is 0. The summed E-state index contributed by atoms with van der Waals surface area (Å²) >= 11 is 0. The van der Waals surface area contributed by atoms with E-state index in [2.05, 4.69) is 45.3 Å². The van der Waals surface area contributed by atoms with Gasteiger partial charge in [-0.3, -0.25) is 9.59 Å². The fourth-order valence-corrected chi connectivity index (χ4v) is 5.40. The van der Waals surface area contributed by atoms with Gasteiger partial charge in [-0.05, 0) is 56.8 Å². The second-order valence-electron chi connectivity index (χ2n) is 13.0. The van der Waals surface area contributed by atoms with Crippen LogP contribution >= 0.6 is 0 Å². The molecule has 0 aromatic carbocycles. The molecular formula is C35H72N2O2. The Hall–Kier alpha value is -1.06. The molecule has 0 bridgehead atoms. The van der Waals surface area contributed by atoms with E-state index < -0.39 is 0 Å². The van der Waals surface area contributed by atoms with Crippen molar-refractivity contribution in [3.05, 3.63) is 0 Å². The Morgan fingerprint density at radius 3 is 1.74 bits per heavy atom. The molecule has 39 heavy (non-hydrogen) atoms. The van der Waals surface area contributed by atoms with E-state index in [-0.39, 0.29) is 17.9 Å². The number of amides is 2. The van der Waals surface area contributed by atoms with E-state index in [0.29, 0.717) is 12.8 Å². The molecule has 0 radical (unpaired) electrons. The Labute approximate surface area is 246 Å². The summed E-state index contributed by atoms with van der Waals surface area (Å²) in [5.74, 6) is 4.27. The van der Waals surface area contributed by atoms with E-state index in [0.717, 1.165) is 49.5 Å². The molecule has 0 heterocycles. The van der Waals surface area contributed by atoms with Crippen LogP contribution in [-0.2, 0) is 9.59 Å². The van der Waals surface area contributed by atoms with Gasteiger partial charge in [-0.25, -0.2) is 0 Å². The number of hydrogen-bond acceptors (Lipinski definition) is 2. The minimum Gasteiger partial charge on any atom is -0.356 e. The summed E-state index contributed by atoms with van der Waals surface area (Å²) in [7, 11) is 0. The third kappa shape index (κ3) is 29.7. The van der Waals surface area contributed by atoms with Gasteiger partial charge >= 0.3 is 0 Å². The highest BCUT2D eigenvalue weighted by molar-refractivity contribution is 5.76. The molecule has 234 valence electrons.